The van der Waals surface area contributed by atoms with Crippen molar-refractivity contribution >= 4 is 17.6 Å². The molecule has 158 valence electrons. The van der Waals surface area contributed by atoms with E-state index >= 15 is 0 Å². The average molecular weight is 409 g/mol. The van der Waals surface area contributed by atoms with Gasteiger partial charge in [0.2, 0.25) is 5.88 Å². The van der Waals surface area contributed by atoms with Crippen LogP contribution in [0.25, 0.3) is 11.3 Å². The summed E-state index contributed by atoms with van der Waals surface area (Å²) in [4.78, 5) is 13.3. The molecule has 0 aliphatic carbocycles. The second kappa shape index (κ2) is 9.82. The maximum absolute atomic E-state index is 7.95. The molecule has 3 aromatic heterocycles. The fraction of sp³-hybridized carbons (Fsp3) is 0.381. The normalized spacial score (nSPS) is 11.7. The van der Waals surface area contributed by atoms with E-state index < -0.39 is 0 Å². The van der Waals surface area contributed by atoms with Crippen LogP contribution in [-0.2, 0) is 13.6 Å². The number of hydrogen-bond acceptors (Lipinski definition) is 8. The first-order chi connectivity index (χ1) is 14.5. The zero-order valence-corrected chi connectivity index (χ0v) is 17.8. The third kappa shape index (κ3) is 4.91. The Kier molecular flexibility index (Phi) is 6.95. The Labute approximate surface area is 176 Å². The molecule has 3 aromatic rings. The van der Waals surface area contributed by atoms with Crippen LogP contribution in [0.15, 0.2) is 30.7 Å². The van der Waals surface area contributed by atoms with Gasteiger partial charge in [-0.05, 0) is 38.5 Å². The third-order valence-electron chi connectivity index (χ3n) is 4.60. The number of anilines is 2. The molecule has 30 heavy (non-hydrogen) atoms. The van der Waals surface area contributed by atoms with Gasteiger partial charge in [0.25, 0.3) is 0 Å². The Morgan fingerprint density at radius 3 is 2.80 bits per heavy atom. The molecule has 0 bridgehead atoms. The van der Waals surface area contributed by atoms with E-state index in [1.54, 1.807) is 17.2 Å². The molecular weight excluding hydrogens is 380 g/mol. The summed E-state index contributed by atoms with van der Waals surface area (Å²) in [5.74, 6) is 1.20. The van der Waals surface area contributed by atoms with Crippen molar-refractivity contribution in [2.75, 3.05) is 17.2 Å². The zero-order chi connectivity index (χ0) is 21.5. The lowest BCUT2D eigenvalue weighted by Crippen LogP contribution is -2.18. The number of nitrogens with one attached hydrogen (secondary N) is 3. The summed E-state index contributed by atoms with van der Waals surface area (Å²) < 4.78 is 7.35. The van der Waals surface area contributed by atoms with E-state index in [4.69, 9.17) is 15.1 Å². The van der Waals surface area contributed by atoms with E-state index in [9.17, 15) is 0 Å². The molecule has 0 radical (unpaired) electrons. The van der Waals surface area contributed by atoms with Crippen molar-refractivity contribution in [2.24, 2.45) is 7.05 Å². The van der Waals surface area contributed by atoms with Crippen LogP contribution in [0, 0.1) is 5.41 Å². The molecule has 0 amide bonds. The zero-order valence-electron chi connectivity index (χ0n) is 17.8. The van der Waals surface area contributed by atoms with Crippen LogP contribution in [0.4, 0.5) is 11.4 Å². The minimum Gasteiger partial charge on any atom is -0.477 e. The summed E-state index contributed by atoms with van der Waals surface area (Å²) in [6.45, 7) is 7.08. The topological polar surface area (TPSA) is 114 Å². The van der Waals surface area contributed by atoms with Crippen molar-refractivity contribution in [1.29, 1.82) is 5.41 Å². The van der Waals surface area contributed by atoms with Gasteiger partial charge in [0.05, 0.1) is 35.8 Å². The van der Waals surface area contributed by atoms with Gasteiger partial charge in [0.1, 0.15) is 12.0 Å². The molecule has 0 aliphatic heterocycles. The van der Waals surface area contributed by atoms with E-state index in [-0.39, 0.29) is 6.04 Å². The van der Waals surface area contributed by atoms with Crippen molar-refractivity contribution in [3.63, 3.8) is 0 Å². The van der Waals surface area contributed by atoms with E-state index in [1.165, 1.54) is 6.21 Å². The number of nitrogens with zero attached hydrogens (tertiary/aromatic N) is 5. The number of ether oxygens (including phenoxy) is 1. The van der Waals surface area contributed by atoms with Crippen LogP contribution >= 0.6 is 0 Å². The van der Waals surface area contributed by atoms with Gasteiger partial charge in [0.15, 0.2) is 5.82 Å². The highest BCUT2D eigenvalue weighted by molar-refractivity contribution is 5.91. The second-order valence-electron chi connectivity index (χ2n) is 6.89. The average Bonchev–Trinajstić information content (AvgIpc) is 3.18. The fourth-order valence-corrected chi connectivity index (χ4v) is 2.92. The van der Waals surface area contributed by atoms with Crippen molar-refractivity contribution in [3.8, 4) is 17.1 Å². The molecule has 0 saturated heterocycles. The van der Waals surface area contributed by atoms with Crippen LogP contribution in [0.1, 0.15) is 38.7 Å². The largest absolute Gasteiger partial charge is 0.477 e. The Morgan fingerprint density at radius 2 is 2.13 bits per heavy atom. The van der Waals surface area contributed by atoms with Crippen molar-refractivity contribution in [1.82, 2.24) is 24.7 Å². The molecule has 9 nitrogen and oxygen atoms in total. The minimum atomic E-state index is 0.224. The van der Waals surface area contributed by atoms with Crippen LogP contribution in [0.2, 0.25) is 0 Å². The first-order valence-electron chi connectivity index (χ1n) is 10.0. The van der Waals surface area contributed by atoms with Crippen LogP contribution in [-0.4, -0.2) is 43.6 Å². The number of pyridine rings is 2. The van der Waals surface area contributed by atoms with Gasteiger partial charge in [-0.25, -0.2) is 15.0 Å². The monoisotopic (exact) mass is 408 g/mol. The lowest BCUT2D eigenvalue weighted by Gasteiger charge is -2.20. The number of rotatable bonds is 10. The molecule has 1 atom stereocenters. The second-order valence-corrected chi connectivity index (χ2v) is 6.89. The highest BCUT2D eigenvalue weighted by Gasteiger charge is 2.17. The van der Waals surface area contributed by atoms with Crippen molar-refractivity contribution in [2.45, 2.75) is 39.8 Å². The smallest absolute Gasteiger partial charge is 0.222 e. The molecule has 0 saturated carbocycles. The standard InChI is InChI=1S/C21H28N8O/c1-5-14(3)26-20-17(24-12-19-25-13-29(4)28-19)10-16(27-18(20)11-22)15-8-7-9-23-21(15)30-6-2/h7-11,13-14,22,26H,5-6,12H2,1-4H3,(H,24,27). The number of aromatic nitrogens is 5. The predicted octanol–water partition coefficient (Wildman–Crippen LogP) is 3.49. The molecule has 3 heterocycles. The molecule has 0 aliphatic rings. The van der Waals surface area contributed by atoms with Gasteiger partial charge in [-0.15, -0.1) is 0 Å². The molecule has 0 spiro atoms. The van der Waals surface area contributed by atoms with Crippen LogP contribution < -0.4 is 15.4 Å². The van der Waals surface area contributed by atoms with Gasteiger partial charge in [-0.3, -0.25) is 4.68 Å². The predicted molar refractivity (Wildman–Crippen MR) is 118 cm³/mol. The Morgan fingerprint density at radius 1 is 1.30 bits per heavy atom. The summed E-state index contributed by atoms with van der Waals surface area (Å²) in [7, 11) is 1.84. The maximum Gasteiger partial charge on any atom is 0.222 e. The summed E-state index contributed by atoms with van der Waals surface area (Å²) in [5, 5.41) is 19.1. The van der Waals surface area contributed by atoms with Crippen LogP contribution in [0.3, 0.4) is 0 Å². The fourth-order valence-electron chi connectivity index (χ4n) is 2.92. The van der Waals surface area contributed by atoms with Crippen molar-refractivity contribution in [3.05, 3.63) is 42.2 Å². The summed E-state index contributed by atoms with van der Waals surface area (Å²) in [6, 6.07) is 5.93. The molecule has 1 unspecified atom stereocenters. The van der Waals surface area contributed by atoms with Crippen LogP contribution in [0.5, 0.6) is 5.88 Å². The minimum absolute atomic E-state index is 0.224. The molecule has 3 N–H and O–H groups in total. The molecule has 9 heteroatoms. The maximum atomic E-state index is 7.95. The van der Waals surface area contributed by atoms with Gasteiger partial charge >= 0.3 is 0 Å². The van der Waals surface area contributed by atoms with Gasteiger partial charge in [0, 0.05) is 25.5 Å². The Hall–Kier alpha value is -3.49. The first-order valence-corrected chi connectivity index (χ1v) is 10.0. The first kappa shape index (κ1) is 21.2. The van der Waals surface area contributed by atoms with Gasteiger partial charge in [-0.2, -0.15) is 5.10 Å². The lowest BCUT2D eigenvalue weighted by molar-refractivity contribution is 0.328. The molecular formula is C21H28N8O. The van der Waals surface area contributed by atoms with E-state index in [1.807, 2.05) is 32.2 Å². The van der Waals surface area contributed by atoms with Gasteiger partial charge < -0.3 is 20.8 Å². The molecule has 0 aromatic carbocycles. The highest BCUT2D eigenvalue weighted by atomic mass is 16.5. The Balaban J connectivity index is 2.05. The van der Waals surface area contributed by atoms with E-state index in [2.05, 4.69) is 39.5 Å². The quantitative estimate of drug-likeness (QED) is 0.440. The van der Waals surface area contributed by atoms with E-state index in [0.717, 1.165) is 23.4 Å². The summed E-state index contributed by atoms with van der Waals surface area (Å²) in [6.07, 6.45) is 5.56. The number of hydrogen-bond donors (Lipinski definition) is 3. The molecule has 3 rings (SSSR count). The number of aryl methyl sites for hydroxylation is 1. The van der Waals surface area contributed by atoms with E-state index in [0.29, 0.717) is 36.2 Å². The Bertz CT molecular complexity index is 1000. The third-order valence-corrected chi connectivity index (χ3v) is 4.60. The SMILES string of the molecule is CCOc1ncccc1-c1cc(NCc2ncn(C)n2)c(NC(C)CC)c(C=N)n1. The lowest BCUT2D eigenvalue weighted by atomic mass is 10.1. The summed E-state index contributed by atoms with van der Waals surface area (Å²) >= 11 is 0. The van der Waals surface area contributed by atoms with Crippen molar-refractivity contribution < 1.29 is 4.74 Å². The molecule has 0 fully saturated rings. The van der Waals surface area contributed by atoms with Gasteiger partial charge in [-0.1, -0.05) is 6.92 Å². The summed E-state index contributed by atoms with van der Waals surface area (Å²) in [5.41, 5.74) is 3.59. The highest BCUT2D eigenvalue weighted by Crippen LogP contribution is 2.34.